The summed E-state index contributed by atoms with van der Waals surface area (Å²) < 4.78 is 0. The highest BCUT2D eigenvalue weighted by molar-refractivity contribution is 6.33. The molecule has 2 aromatic carbocycles. The Morgan fingerprint density at radius 1 is 1.10 bits per heavy atom. The summed E-state index contributed by atoms with van der Waals surface area (Å²) in [6.07, 6.45) is 1.04. The van der Waals surface area contributed by atoms with Crippen molar-refractivity contribution in [3.63, 3.8) is 0 Å². The Bertz CT molecular complexity index is 649. The summed E-state index contributed by atoms with van der Waals surface area (Å²) in [5.41, 5.74) is 3.75. The van der Waals surface area contributed by atoms with Gasteiger partial charge in [-0.05, 0) is 47.2 Å². The number of anilines is 1. The molecule has 2 aromatic rings. The summed E-state index contributed by atoms with van der Waals surface area (Å²) in [6.45, 7) is 4.55. The van der Waals surface area contributed by atoms with Gasteiger partial charge in [-0.3, -0.25) is 0 Å². The Balaban J connectivity index is 2.00. The van der Waals surface area contributed by atoms with Gasteiger partial charge in [0.25, 0.3) is 0 Å². The summed E-state index contributed by atoms with van der Waals surface area (Å²) in [6, 6.07) is 14.2. The van der Waals surface area contributed by atoms with Crippen LogP contribution in [0.4, 0.5) is 5.69 Å². The third-order valence-electron chi connectivity index (χ3n) is 4.02. The van der Waals surface area contributed by atoms with Gasteiger partial charge in [0.1, 0.15) is 0 Å². The molecule has 3 heteroatoms. The maximum Gasteiger partial charge on any atom is 0.0637 e. The molecule has 0 saturated heterocycles. The fourth-order valence-electron chi connectivity index (χ4n) is 3.02. The van der Waals surface area contributed by atoms with Crippen molar-refractivity contribution in [2.75, 3.05) is 5.32 Å². The van der Waals surface area contributed by atoms with Crippen LogP contribution in [0.15, 0.2) is 42.5 Å². The molecule has 0 bridgehead atoms. The molecule has 1 nitrogen and oxygen atoms in total. The average molecular weight is 306 g/mol. The molecule has 1 N–H and O–H groups in total. The lowest BCUT2D eigenvalue weighted by molar-refractivity contribution is 0.337. The molecule has 1 atom stereocenters. The van der Waals surface area contributed by atoms with Gasteiger partial charge in [0, 0.05) is 5.02 Å². The van der Waals surface area contributed by atoms with E-state index in [1.54, 1.807) is 0 Å². The zero-order chi connectivity index (χ0) is 14.3. The van der Waals surface area contributed by atoms with Crippen molar-refractivity contribution in [2.24, 2.45) is 5.41 Å². The fourth-order valence-corrected chi connectivity index (χ4v) is 3.39. The number of nitrogens with one attached hydrogen (secondary N) is 1. The monoisotopic (exact) mass is 305 g/mol. The van der Waals surface area contributed by atoms with Crippen LogP contribution in [0.1, 0.15) is 31.0 Å². The minimum Gasteiger partial charge on any atom is -0.376 e. The Kier molecular flexibility index (Phi) is 3.43. The summed E-state index contributed by atoms with van der Waals surface area (Å²) in [7, 11) is 0. The fraction of sp³-hybridized carbons (Fsp3) is 0.294. The van der Waals surface area contributed by atoms with Crippen LogP contribution < -0.4 is 5.32 Å². The highest BCUT2D eigenvalue weighted by Gasteiger charge is 2.39. The Morgan fingerprint density at radius 3 is 2.60 bits per heavy atom. The van der Waals surface area contributed by atoms with Crippen LogP contribution in [0.5, 0.6) is 0 Å². The van der Waals surface area contributed by atoms with E-state index in [1.807, 2.05) is 30.3 Å². The van der Waals surface area contributed by atoms with Crippen molar-refractivity contribution in [3.05, 3.63) is 63.6 Å². The Morgan fingerprint density at radius 2 is 1.85 bits per heavy atom. The first-order valence-corrected chi connectivity index (χ1v) is 7.52. The first-order valence-electron chi connectivity index (χ1n) is 6.77. The molecule has 3 rings (SSSR count). The number of hydrogen-bond acceptors (Lipinski definition) is 1. The van der Waals surface area contributed by atoms with Crippen LogP contribution in [0.3, 0.4) is 0 Å². The SMILES string of the molecule is CC1(C)Cc2ccc(Cl)cc2C1Nc1ccccc1Cl. The predicted octanol–water partition coefficient (Wildman–Crippen LogP) is 5.73. The van der Waals surface area contributed by atoms with Gasteiger partial charge in [-0.15, -0.1) is 0 Å². The number of para-hydroxylation sites is 1. The maximum atomic E-state index is 6.27. The second-order valence-corrected chi connectivity index (χ2v) is 6.91. The number of rotatable bonds is 2. The number of benzene rings is 2. The van der Waals surface area contributed by atoms with E-state index >= 15 is 0 Å². The largest absolute Gasteiger partial charge is 0.376 e. The number of hydrogen-bond donors (Lipinski definition) is 1. The van der Waals surface area contributed by atoms with E-state index in [9.17, 15) is 0 Å². The summed E-state index contributed by atoms with van der Waals surface area (Å²) >= 11 is 12.4. The normalized spacial score (nSPS) is 19.7. The van der Waals surface area contributed by atoms with Crippen LogP contribution in [0.2, 0.25) is 10.0 Å². The minimum atomic E-state index is 0.131. The molecule has 0 amide bonds. The molecule has 1 aliphatic rings. The Labute approximate surface area is 129 Å². The van der Waals surface area contributed by atoms with Crippen LogP contribution in [0, 0.1) is 5.41 Å². The summed E-state index contributed by atoms with van der Waals surface area (Å²) in [5.74, 6) is 0. The average Bonchev–Trinajstić information content (AvgIpc) is 2.63. The lowest BCUT2D eigenvalue weighted by Gasteiger charge is -2.30. The van der Waals surface area contributed by atoms with E-state index in [-0.39, 0.29) is 11.5 Å². The van der Waals surface area contributed by atoms with E-state index in [1.165, 1.54) is 11.1 Å². The lowest BCUT2D eigenvalue weighted by Crippen LogP contribution is -2.24. The standard InChI is InChI=1S/C17H17Cl2N/c1-17(2)10-11-7-8-12(18)9-13(11)16(17)20-15-6-4-3-5-14(15)19/h3-9,16,20H,10H2,1-2H3. The van der Waals surface area contributed by atoms with E-state index < -0.39 is 0 Å². The van der Waals surface area contributed by atoms with Crippen molar-refractivity contribution in [1.29, 1.82) is 0 Å². The molecule has 0 saturated carbocycles. The predicted molar refractivity (Wildman–Crippen MR) is 86.8 cm³/mol. The summed E-state index contributed by atoms with van der Waals surface area (Å²) in [4.78, 5) is 0. The number of halogens is 2. The van der Waals surface area contributed by atoms with Gasteiger partial charge < -0.3 is 5.32 Å². The molecule has 1 aliphatic carbocycles. The molecular formula is C17H17Cl2N. The third-order valence-corrected chi connectivity index (χ3v) is 4.58. The van der Waals surface area contributed by atoms with Crippen molar-refractivity contribution in [2.45, 2.75) is 26.3 Å². The van der Waals surface area contributed by atoms with Gasteiger partial charge in [-0.1, -0.05) is 55.2 Å². The van der Waals surface area contributed by atoms with E-state index in [2.05, 4.69) is 31.3 Å². The van der Waals surface area contributed by atoms with Crippen molar-refractivity contribution < 1.29 is 0 Å². The first kappa shape index (κ1) is 13.8. The molecule has 1 unspecified atom stereocenters. The van der Waals surface area contributed by atoms with Crippen LogP contribution >= 0.6 is 23.2 Å². The second kappa shape index (κ2) is 4.98. The van der Waals surface area contributed by atoms with E-state index in [4.69, 9.17) is 23.2 Å². The molecule has 0 heterocycles. The minimum absolute atomic E-state index is 0.131. The molecule has 20 heavy (non-hydrogen) atoms. The maximum absolute atomic E-state index is 6.27. The zero-order valence-corrected chi connectivity index (χ0v) is 13.1. The van der Waals surface area contributed by atoms with Crippen molar-refractivity contribution in [1.82, 2.24) is 0 Å². The summed E-state index contributed by atoms with van der Waals surface area (Å²) in [5, 5.41) is 5.13. The lowest BCUT2D eigenvalue weighted by atomic mass is 9.85. The van der Waals surface area contributed by atoms with E-state index in [0.717, 1.165) is 22.2 Å². The molecule has 0 fully saturated rings. The molecule has 0 spiro atoms. The van der Waals surface area contributed by atoms with Gasteiger partial charge in [0.15, 0.2) is 0 Å². The van der Waals surface area contributed by atoms with Crippen LogP contribution in [0.25, 0.3) is 0 Å². The van der Waals surface area contributed by atoms with Gasteiger partial charge in [-0.25, -0.2) is 0 Å². The smallest absolute Gasteiger partial charge is 0.0637 e. The van der Waals surface area contributed by atoms with Gasteiger partial charge >= 0.3 is 0 Å². The molecule has 0 radical (unpaired) electrons. The van der Waals surface area contributed by atoms with Crippen LogP contribution in [-0.2, 0) is 6.42 Å². The molecule has 104 valence electrons. The molecule has 0 aliphatic heterocycles. The Hall–Kier alpha value is -1.18. The van der Waals surface area contributed by atoms with Gasteiger partial charge in [0.2, 0.25) is 0 Å². The highest BCUT2D eigenvalue weighted by Crippen LogP contribution is 2.48. The molecule has 0 aromatic heterocycles. The van der Waals surface area contributed by atoms with Crippen molar-refractivity contribution in [3.8, 4) is 0 Å². The second-order valence-electron chi connectivity index (χ2n) is 6.07. The van der Waals surface area contributed by atoms with Crippen molar-refractivity contribution >= 4 is 28.9 Å². The third kappa shape index (κ3) is 2.41. The highest BCUT2D eigenvalue weighted by atomic mass is 35.5. The topological polar surface area (TPSA) is 12.0 Å². The zero-order valence-electron chi connectivity index (χ0n) is 11.6. The molecular weight excluding hydrogens is 289 g/mol. The van der Waals surface area contributed by atoms with Crippen LogP contribution in [-0.4, -0.2) is 0 Å². The number of fused-ring (bicyclic) bond motifs is 1. The van der Waals surface area contributed by atoms with E-state index in [0.29, 0.717) is 0 Å². The first-order chi connectivity index (χ1) is 9.47. The quantitative estimate of drug-likeness (QED) is 0.747. The van der Waals surface area contributed by atoms with Gasteiger partial charge in [0.05, 0.1) is 16.8 Å². The van der Waals surface area contributed by atoms with Gasteiger partial charge in [-0.2, -0.15) is 0 Å².